The number of carboxylic acids is 1. The molecule has 0 amide bonds. The molecule has 0 saturated heterocycles. The maximum Gasteiger partial charge on any atom is 0.573 e. The number of halogens is 3. The third-order valence-corrected chi connectivity index (χ3v) is 1.63. The molecule has 0 heterocycles. The standard InChI is InChI=1S/C10H7F3O4/c1-2-16-8-6(9(14)15)4-3-5-7(8)17-10(11,12)13/h2-5H,1H2,(H,14,15)/p-1. The number of carbonyl (C=O) groups is 1. The molecular weight excluding hydrogens is 241 g/mol. The zero-order valence-electron chi connectivity index (χ0n) is 8.28. The average molecular weight is 247 g/mol. The largest absolute Gasteiger partial charge is 0.573 e. The number of benzene rings is 1. The van der Waals surface area contributed by atoms with Crippen molar-refractivity contribution in [1.82, 2.24) is 0 Å². The summed E-state index contributed by atoms with van der Waals surface area (Å²) in [6, 6.07) is 3.01. The average Bonchev–Trinajstić information content (AvgIpc) is 2.18. The van der Waals surface area contributed by atoms with Crippen LogP contribution in [0.4, 0.5) is 13.2 Å². The van der Waals surface area contributed by atoms with E-state index in [9.17, 15) is 23.1 Å². The lowest BCUT2D eigenvalue weighted by molar-refractivity contribution is -0.275. The van der Waals surface area contributed by atoms with Crippen LogP contribution in [0.5, 0.6) is 11.5 Å². The summed E-state index contributed by atoms with van der Waals surface area (Å²) in [7, 11) is 0. The van der Waals surface area contributed by atoms with Crippen molar-refractivity contribution >= 4 is 5.97 Å². The summed E-state index contributed by atoms with van der Waals surface area (Å²) in [6.45, 7) is 3.12. The maximum absolute atomic E-state index is 12.0. The summed E-state index contributed by atoms with van der Waals surface area (Å²) in [4.78, 5) is 10.7. The van der Waals surface area contributed by atoms with Crippen molar-refractivity contribution in [2.24, 2.45) is 0 Å². The van der Waals surface area contributed by atoms with Crippen LogP contribution in [-0.2, 0) is 0 Å². The lowest BCUT2D eigenvalue weighted by atomic mass is 10.2. The van der Waals surface area contributed by atoms with Crippen LogP contribution in [0.2, 0.25) is 0 Å². The summed E-state index contributed by atoms with van der Waals surface area (Å²) in [6.07, 6.45) is -4.17. The Hall–Kier alpha value is -2.18. The number of hydrogen-bond acceptors (Lipinski definition) is 4. The molecule has 1 rings (SSSR count). The Morgan fingerprint density at radius 2 is 2.06 bits per heavy atom. The SMILES string of the molecule is C=COc1c(OC(F)(F)F)cccc1C(=O)[O-]. The fourth-order valence-corrected chi connectivity index (χ4v) is 1.09. The lowest BCUT2D eigenvalue weighted by Gasteiger charge is -2.15. The van der Waals surface area contributed by atoms with E-state index in [-0.39, 0.29) is 0 Å². The van der Waals surface area contributed by atoms with Crippen LogP contribution in [-0.4, -0.2) is 12.3 Å². The zero-order chi connectivity index (χ0) is 13.1. The predicted octanol–water partition coefficient (Wildman–Crippen LogP) is 1.47. The number of alkyl halides is 3. The van der Waals surface area contributed by atoms with E-state index < -0.39 is 29.4 Å². The van der Waals surface area contributed by atoms with Crippen LogP contribution in [0.1, 0.15) is 10.4 Å². The van der Waals surface area contributed by atoms with E-state index in [0.29, 0.717) is 0 Å². The second-order valence-electron chi connectivity index (χ2n) is 2.75. The van der Waals surface area contributed by atoms with E-state index in [1.807, 2.05) is 0 Å². The van der Waals surface area contributed by atoms with Crippen LogP contribution in [0, 0.1) is 0 Å². The summed E-state index contributed by atoms with van der Waals surface area (Å²) in [5.74, 6) is -3.08. The number of carboxylic acid groups (broad SMARTS) is 1. The molecule has 0 spiro atoms. The minimum Gasteiger partial charge on any atom is -0.545 e. The first-order chi connectivity index (χ1) is 7.85. The van der Waals surface area contributed by atoms with Crippen LogP contribution in [0.15, 0.2) is 31.0 Å². The minimum absolute atomic E-state index is 0.563. The van der Waals surface area contributed by atoms with Gasteiger partial charge >= 0.3 is 6.36 Å². The van der Waals surface area contributed by atoms with E-state index in [4.69, 9.17) is 0 Å². The molecule has 0 unspecified atom stereocenters. The van der Waals surface area contributed by atoms with Crippen LogP contribution < -0.4 is 14.6 Å². The molecule has 0 aliphatic heterocycles. The Kier molecular flexibility index (Phi) is 3.62. The molecule has 1 aromatic carbocycles. The lowest BCUT2D eigenvalue weighted by Crippen LogP contribution is -2.24. The van der Waals surface area contributed by atoms with Gasteiger partial charge in [0.15, 0.2) is 11.5 Å². The highest BCUT2D eigenvalue weighted by molar-refractivity contribution is 5.90. The van der Waals surface area contributed by atoms with Crippen molar-refractivity contribution in [3.63, 3.8) is 0 Å². The first kappa shape index (κ1) is 12.9. The second kappa shape index (κ2) is 4.77. The van der Waals surface area contributed by atoms with Gasteiger partial charge in [-0.2, -0.15) is 0 Å². The maximum atomic E-state index is 12.0. The van der Waals surface area contributed by atoms with E-state index in [1.54, 1.807) is 0 Å². The molecule has 0 N–H and O–H groups in total. The van der Waals surface area contributed by atoms with Gasteiger partial charge in [-0.3, -0.25) is 0 Å². The van der Waals surface area contributed by atoms with Crippen LogP contribution in [0.25, 0.3) is 0 Å². The third kappa shape index (κ3) is 3.40. The van der Waals surface area contributed by atoms with Gasteiger partial charge in [0, 0.05) is 5.56 Å². The molecule has 7 heteroatoms. The molecule has 0 aliphatic rings. The topological polar surface area (TPSA) is 58.6 Å². The number of carbonyl (C=O) groups excluding carboxylic acids is 1. The third-order valence-electron chi connectivity index (χ3n) is 1.63. The quantitative estimate of drug-likeness (QED) is 0.756. The van der Waals surface area contributed by atoms with Crippen molar-refractivity contribution in [1.29, 1.82) is 0 Å². The molecule has 0 saturated carbocycles. The molecular formula is C10H6F3O4-. The normalized spacial score (nSPS) is 10.8. The van der Waals surface area contributed by atoms with E-state index in [2.05, 4.69) is 16.1 Å². The monoisotopic (exact) mass is 247 g/mol. The molecule has 92 valence electrons. The minimum atomic E-state index is -4.95. The molecule has 0 aromatic heterocycles. The van der Waals surface area contributed by atoms with Gasteiger partial charge in [-0.05, 0) is 12.1 Å². The molecule has 0 atom stereocenters. The van der Waals surface area contributed by atoms with Crippen molar-refractivity contribution in [2.75, 3.05) is 0 Å². The van der Waals surface area contributed by atoms with Gasteiger partial charge < -0.3 is 19.4 Å². The molecule has 4 nitrogen and oxygen atoms in total. The Labute approximate surface area is 93.9 Å². The molecule has 17 heavy (non-hydrogen) atoms. The Balaban J connectivity index is 3.24. The summed E-state index contributed by atoms with van der Waals surface area (Å²) < 4.78 is 44.3. The molecule has 0 bridgehead atoms. The predicted molar refractivity (Wildman–Crippen MR) is 48.3 cm³/mol. The number of aromatic carboxylic acids is 1. The van der Waals surface area contributed by atoms with Gasteiger partial charge in [0.1, 0.15) is 0 Å². The van der Waals surface area contributed by atoms with E-state index in [1.165, 1.54) is 0 Å². The first-order valence-electron chi connectivity index (χ1n) is 4.23. The van der Waals surface area contributed by atoms with Crippen LogP contribution in [0.3, 0.4) is 0 Å². The van der Waals surface area contributed by atoms with E-state index >= 15 is 0 Å². The number of hydrogen-bond donors (Lipinski definition) is 0. The fraction of sp³-hybridized carbons (Fsp3) is 0.100. The van der Waals surface area contributed by atoms with Gasteiger partial charge in [0.2, 0.25) is 0 Å². The van der Waals surface area contributed by atoms with Gasteiger partial charge in [0.05, 0.1) is 12.2 Å². The molecule has 0 radical (unpaired) electrons. The number of para-hydroxylation sites is 1. The highest BCUT2D eigenvalue weighted by atomic mass is 19.4. The van der Waals surface area contributed by atoms with Crippen molar-refractivity contribution in [3.05, 3.63) is 36.6 Å². The highest BCUT2D eigenvalue weighted by Crippen LogP contribution is 2.35. The zero-order valence-corrected chi connectivity index (χ0v) is 8.28. The van der Waals surface area contributed by atoms with Gasteiger partial charge in [-0.1, -0.05) is 12.6 Å². The summed E-state index contributed by atoms with van der Waals surface area (Å²) in [5, 5.41) is 10.7. The Morgan fingerprint density at radius 1 is 1.41 bits per heavy atom. The Morgan fingerprint density at radius 3 is 2.53 bits per heavy atom. The number of rotatable bonds is 4. The smallest absolute Gasteiger partial charge is 0.545 e. The van der Waals surface area contributed by atoms with Gasteiger partial charge in [-0.25, -0.2) is 0 Å². The van der Waals surface area contributed by atoms with Crippen molar-refractivity contribution < 1.29 is 32.5 Å². The number of ether oxygens (including phenoxy) is 2. The van der Waals surface area contributed by atoms with E-state index in [0.717, 1.165) is 24.5 Å². The first-order valence-corrected chi connectivity index (χ1v) is 4.23. The second-order valence-corrected chi connectivity index (χ2v) is 2.75. The van der Waals surface area contributed by atoms with Crippen molar-refractivity contribution in [3.8, 4) is 11.5 Å². The molecule has 0 fully saturated rings. The highest BCUT2D eigenvalue weighted by Gasteiger charge is 2.33. The van der Waals surface area contributed by atoms with Crippen LogP contribution >= 0.6 is 0 Å². The molecule has 1 aromatic rings. The van der Waals surface area contributed by atoms with Gasteiger partial charge in [0.25, 0.3) is 0 Å². The summed E-state index contributed by atoms with van der Waals surface area (Å²) in [5.41, 5.74) is -0.563. The Bertz CT molecular complexity index is 440. The van der Waals surface area contributed by atoms with Crippen molar-refractivity contribution in [2.45, 2.75) is 6.36 Å². The van der Waals surface area contributed by atoms with Gasteiger partial charge in [-0.15, -0.1) is 13.2 Å². The summed E-state index contributed by atoms with van der Waals surface area (Å²) >= 11 is 0. The molecule has 0 aliphatic carbocycles. The fourth-order valence-electron chi connectivity index (χ4n) is 1.09.